The van der Waals surface area contributed by atoms with E-state index in [1.807, 2.05) is 4.68 Å². The van der Waals surface area contributed by atoms with Gasteiger partial charge in [-0.15, -0.1) is 11.3 Å². The number of hydrogen-bond acceptors (Lipinski definition) is 5. The first-order chi connectivity index (χ1) is 12.3. The van der Waals surface area contributed by atoms with Crippen molar-refractivity contribution in [3.05, 3.63) is 34.0 Å². The lowest BCUT2D eigenvalue weighted by molar-refractivity contribution is 0.177. The summed E-state index contributed by atoms with van der Waals surface area (Å²) in [6.07, 6.45) is 2.93. The predicted octanol–water partition coefficient (Wildman–Crippen LogP) is 1.60. The Kier molecular flexibility index (Phi) is 6.41. The highest BCUT2D eigenvalue weighted by Crippen LogP contribution is 2.13. The average molecular weight is 363 g/mol. The molecule has 3 heterocycles. The van der Waals surface area contributed by atoms with Crippen LogP contribution in [0.3, 0.4) is 0 Å². The van der Waals surface area contributed by atoms with Crippen LogP contribution in [-0.4, -0.2) is 47.0 Å². The van der Waals surface area contributed by atoms with Crippen molar-refractivity contribution in [1.82, 2.24) is 25.4 Å². The molecule has 136 valence electrons. The maximum Gasteiger partial charge on any atom is 0.191 e. The van der Waals surface area contributed by atoms with Crippen molar-refractivity contribution in [1.29, 1.82) is 0 Å². The molecule has 25 heavy (non-hydrogen) atoms. The maximum absolute atomic E-state index is 5.12. The Labute approximate surface area is 152 Å². The molecule has 0 spiro atoms. The summed E-state index contributed by atoms with van der Waals surface area (Å²) in [6.45, 7) is 5.00. The number of nitrogens with one attached hydrogen (secondary N) is 2. The van der Waals surface area contributed by atoms with Crippen LogP contribution in [0, 0.1) is 0 Å². The minimum absolute atomic E-state index is 0.309. The quantitative estimate of drug-likeness (QED) is 0.578. The molecule has 0 aromatic carbocycles. The molecule has 2 N–H and O–H groups in total. The van der Waals surface area contributed by atoms with Crippen molar-refractivity contribution in [2.75, 3.05) is 20.2 Å². The molecule has 0 bridgehead atoms. The smallest absolute Gasteiger partial charge is 0.191 e. The van der Waals surface area contributed by atoms with Crippen LogP contribution in [0.2, 0.25) is 0 Å². The van der Waals surface area contributed by atoms with E-state index < -0.39 is 0 Å². The van der Waals surface area contributed by atoms with E-state index >= 15 is 0 Å². The molecule has 3 rings (SSSR count). The summed E-state index contributed by atoms with van der Waals surface area (Å²) < 4.78 is 7.11. The van der Waals surface area contributed by atoms with E-state index in [0.717, 1.165) is 56.5 Å². The van der Waals surface area contributed by atoms with Gasteiger partial charge >= 0.3 is 0 Å². The van der Waals surface area contributed by atoms with E-state index in [4.69, 9.17) is 9.73 Å². The number of hydrogen-bond donors (Lipinski definition) is 2. The summed E-state index contributed by atoms with van der Waals surface area (Å²) in [5.74, 6) is 2.68. The van der Waals surface area contributed by atoms with Gasteiger partial charge in [-0.2, -0.15) is 5.10 Å². The highest BCUT2D eigenvalue weighted by Gasteiger charge is 2.22. The normalized spacial score (nSPS) is 17.4. The molecular weight excluding hydrogens is 336 g/mol. The van der Waals surface area contributed by atoms with Gasteiger partial charge in [0.15, 0.2) is 11.8 Å². The molecule has 0 amide bonds. The summed E-state index contributed by atoms with van der Waals surface area (Å²) in [5.41, 5.74) is 0. The highest BCUT2D eigenvalue weighted by atomic mass is 32.1. The van der Waals surface area contributed by atoms with Gasteiger partial charge < -0.3 is 15.4 Å². The minimum atomic E-state index is 0.309. The van der Waals surface area contributed by atoms with Crippen LogP contribution < -0.4 is 10.6 Å². The van der Waals surface area contributed by atoms with E-state index in [9.17, 15) is 0 Å². The number of aliphatic imine (C=N–C) groups is 1. The summed E-state index contributed by atoms with van der Waals surface area (Å²) in [7, 11) is 1.67. The number of thiophene rings is 1. The molecule has 1 atom stereocenters. The standard InChI is InChI=1S/C17H26N6OS/c1-3-18-17(19-9-8-14-5-4-10-25-14)20-13-6-7-16-21-15(12-24-2)22-23(16)11-13/h4-5,10,13H,3,6-9,11-12H2,1-2H3,(H2,18,19,20). The third-order valence-electron chi connectivity index (χ3n) is 4.07. The van der Waals surface area contributed by atoms with Crippen LogP contribution in [0.4, 0.5) is 0 Å². The Hall–Kier alpha value is -1.93. The second-order valence-electron chi connectivity index (χ2n) is 6.03. The highest BCUT2D eigenvalue weighted by molar-refractivity contribution is 7.09. The zero-order valence-electron chi connectivity index (χ0n) is 14.9. The largest absolute Gasteiger partial charge is 0.377 e. The van der Waals surface area contributed by atoms with E-state index in [1.165, 1.54) is 4.88 Å². The molecular formula is C17H26N6OS. The summed E-state index contributed by atoms with van der Waals surface area (Å²) in [5, 5.41) is 13.5. The summed E-state index contributed by atoms with van der Waals surface area (Å²) in [4.78, 5) is 10.6. The van der Waals surface area contributed by atoms with Crippen molar-refractivity contribution < 1.29 is 4.74 Å². The number of methoxy groups -OCH3 is 1. The number of fused-ring (bicyclic) bond motifs is 1. The molecule has 0 fully saturated rings. The lowest BCUT2D eigenvalue weighted by Gasteiger charge is -2.25. The van der Waals surface area contributed by atoms with Gasteiger partial charge in [-0.3, -0.25) is 4.99 Å². The zero-order chi connectivity index (χ0) is 17.5. The Morgan fingerprint density at radius 1 is 1.52 bits per heavy atom. The zero-order valence-corrected chi connectivity index (χ0v) is 15.7. The first-order valence-electron chi connectivity index (χ1n) is 8.77. The number of nitrogens with zero attached hydrogens (tertiary/aromatic N) is 4. The first-order valence-corrected chi connectivity index (χ1v) is 9.65. The van der Waals surface area contributed by atoms with Crippen LogP contribution in [-0.2, 0) is 30.7 Å². The van der Waals surface area contributed by atoms with E-state index in [2.05, 4.69) is 45.2 Å². The Balaban J connectivity index is 1.56. The van der Waals surface area contributed by atoms with Crippen LogP contribution in [0.25, 0.3) is 0 Å². The van der Waals surface area contributed by atoms with Gasteiger partial charge in [0.25, 0.3) is 0 Å². The number of aromatic nitrogens is 3. The van der Waals surface area contributed by atoms with Crippen LogP contribution in [0.1, 0.15) is 29.9 Å². The monoisotopic (exact) mass is 362 g/mol. The van der Waals surface area contributed by atoms with Gasteiger partial charge in [-0.05, 0) is 24.8 Å². The molecule has 0 aliphatic carbocycles. The Bertz CT molecular complexity index is 681. The van der Waals surface area contributed by atoms with Gasteiger partial charge in [0, 0.05) is 44.0 Å². The second-order valence-corrected chi connectivity index (χ2v) is 7.06. The van der Waals surface area contributed by atoms with Crippen LogP contribution >= 0.6 is 11.3 Å². The molecule has 0 saturated heterocycles. The number of aryl methyl sites for hydroxylation is 1. The molecule has 8 heteroatoms. The maximum atomic E-state index is 5.12. The predicted molar refractivity (Wildman–Crippen MR) is 100.0 cm³/mol. The lowest BCUT2D eigenvalue weighted by atomic mass is 10.1. The fourth-order valence-electron chi connectivity index (χ4n) is 2.91. The third kappa shape index (κ3) is 5.02. The molecule has 0 saturated carbocycles. The Morgan fingerprint density at radius 2 is 2.44 bits per heavy atom. The summed E-state index contributed by atoms with van der Waals surface area (Å²) in [6, 6.07) is 4.55. The Morgan fingerprint density at radius 3 is 3.20 bits per heavy atom. The molecule has 1 aliphatic heterocycles. The molecule has 0 radical (unpaired) electrons. The topological polar surface area (TPSA) is 76.4 Å². The van der Waals surface area contributed by atoms with Crippen molar-refractivity contribution >= 4 is 17.3 Å². The SMILES string of the molecule is CCNC(=NCCc1cccs1)NC1CCc2nc(COC)nn2C1. The van der Waals surface area contributed by atoms with Crippen LogP contribution in [0.15, 0.2) is 22.5 Å². The first kappa shape index (κ1) is 17.9. The number of guanidine groups is 1. The summed E-state index contributed by atoms with van der Waals surface area (Å²) >= 11 is 1.78. The van der Waals surface area contributed by atoms with E-state index in [-0.39, 0.29) is 0 Å². The van der Waals surface area contributed by atoms with E-state index in [0.29, 0.717) is 12.6 Å². The van der Waals surface area contributed by atoms with Gasteiger partial charge in [0.05, 0.1) is 6.54 Å². The van der Waals surface area contributed by atoms with Crippen molar-refractivity contribution in [2.45, 2.75) is 45.4 Å². The number of rotatable bonds is 7. The fraction of sp³-hybridized carbons (Fsp3) is 0.588. The fourth-order valence-corrected chi connectivity index (χ4v) is 3.61. The molecule has 1 aliphatic rings. The minimum Gasteiger partial charge on any atom is -0.377 e. The average Bonchev–Trinajstić information content (AvgIpc) is 3.24. The molecule has 2 aromatic rings. The van der Waals surface area contributed by atoms with E-state index in [1.54, 1.807) is 18.4 Å². The van der Waals surface area contributed by atoms with Gasteiger partial charge in [0.2, 0.25) is 0 Å². The van der Waals surface area contributed by atoms with Crippen molar-refractivity contribution in [2.24, 2.45) is 4.99 Å². The third-order valence-corrected chi connectivity index (χ3v) is 5.00. The van der Waals surface area contributed by atoms with Gasteiger partial charge in [-0.25, -0.2) is 9.67 Å². The van der Waals surface area contributed by atoms with Crippen LogP contribution in [0.5, 0.6) is 0 Å². The van der Waals surface area contributed by atoms with Gasteiger partial charge in [0.1, 0.15) is 12.4 Å². The van der Waals surface area contributed by atoms with Crippen molar-refractivity contribution in [3.8, 4) is 0 Å². The molecule has 2 aromatic heterocycles. The second kappa shape index (κ2) is 8.96. The molecule has 1 unspecified atom stereocenters. The van der Waals surface area contributed by atoms with Gasteiger partial charge in [-0.1, -0.05) is 6.07 Å². The molecule has 7 nitrogen and oxygen atoms in total. The number of ether oxygens (including phenoxy) is 1. The van der Waals surface area contributed by atoms with Crippen molar-refractivity contribution in [3.63, 3.8) is 0 Å². The lowest BCUT2D eigenvalue weighted by Crippen LogP contribution is -2.47.